The number of aryl methyl sites for hydroxylation is 1. The molecule has 5 nitrogen and oxygen atoms in total. The molecule has 0 aliphatic rings. The van der Waals surface area contributed by atoms with Gasteiger partial charge in [0, 0.05) is 6.04 Å². The molecule has 0 spiro atoms. The van der Waals surface area contributed by atoms with Crippen LogP contribution in [0.4, 0.5) is 5.69 Å². The number of carbonyl (C=O) groups excluding carboxylic acids is 1. The van der Waals surface area contributed by atoms with E-state index < -0.39 is 6.04 Å². The van der Waals surface area contributed by atoms with Gasteiger partial charge in [-0.1, -0.05) is 30.3 Å². The third-order valence-corrected chi connectivity index (χ3v) is 3.50. The van der Waals surface area contributed by atoms with Crippen molar-refractivity contribution in [3.8, 4) is 0 Å². The van der Waals surface area contributed by atoms with E-state index in [4.69, 9.17) is 5.73 Å². The topological polar surface area (TPSA) is 72.9 Å². The Bertz CT molecular complexity index is 631. The average molecular weight is 286 g/mol. The van der Waals surface area contributed by atoms with Crippen LogP contribution in [0.1, 0.15) is 42.9 Å². The van der Waals surface area contributed by atoms with Crippen LogP contribution in [0.25, 0.3) is 0 Å². The van der Waals surface area contributed by atoms with E-state index in [2.05, 4.69) is 24.3 Å². The average Bonchev–Trinajstić information content (AvgIpc) is 2.75. The molecule has 0 radical (unpaired) electrons. The molecule has 112 valence electrons. The Morgan fingerprint density at radius 2 is 1.86 bits per heavy atom. The van der Waals surface area contributed by atoms with Crippen LogP contribution in [0.3, 0.4) is 0 Å². The highest BCUT2D eigenvalue weighted by molar-refractivity contribution is 5.96. The van der Waals surface area contributed by atoms with Crippen LogP contribution in [0.2, 0.25) is 0 Å². The molecule has 0 saturated heterocycles. The van der Waals surface area contributed by atoms with E-state index in [1.165, 1.54) is 0 Å². The molecule has 0 bridgehead atoms. The van der Waals surface area contributed by atoms with Gasteiger partial charge in [-0.2, -0.15) is 5.10 Å². The van der Waals surface area contributed by atoms with Crippen molar-refractivity contribution in [2.45, 2.75) is 39.8 Å². The van der Waals surface area contributed by atoms with Crippen molar-refractivity contribution in [2.75, 3.05) is 5.32 Å². The lowest BCUT2D eigenvalue weighted by atomic mass is 10.1. The SMILES string of the molecule is Cc1nn(C(C)C)c(C)c1NC(=O)C(N)c1ccccc1. The Morgan fingerprint density at radius 1 is 1.24 bits per heavy atom. The summed E-state index contributed by atoms with van der Waals surface area (Å²) in [6.07, 6.45) is 0. The van der Waals surface area contributed by atoms with Crippen LogP contribution in [0.5, 0.6) is 0 Å². The van der Waals surface area contributed by atoms with Crippen molar-refractivity contribution < 1.29 is 4.79 Å². The smallest absolute Gasteiger partial charge is 0.245 e. The summed E-state index contributed by atoms with van der Waals surface area (Å²) in [7, 11) is 0. The van der Waals surface area contributed by atoms with Crippen LogP contribution in [0.15, 0.2) is 30.3 Å². The number of amides is 1. The lowest BCUT2D eigenvalue weighted by Crippen LogP contribution is -2.28. The molecule has 0 saturated carbocycles. The molecule has 0 aliphatic heterocycles. The van der Waals surface area contributed by atoms with E-state index in [1.807, 2.05) is 48.9 Å². The van der Waals surface area contributed by atoms with Gasteiger partial charge in [0.15, 0.2) is 0 Å². The third-order valence-electron chi connectivity index (χ3n) is 3.50. The van der Waals surface area contributed by atoms with Gasteiger partial charge in [-0.3, -0.25) is 9.48 Å². The first-order valence-electron chi connectivity index (χ1n) is 7.09. The molecule has 5 heteroatoms. The second-order valence-corrected chi connectivity index (χ2v) is 5.46. The van der Waals surface area contributed by atoms with Crippen molar-refractivity contribution in [1.82, 2.24) is 9.78 Å². The fourth-order valence-electron chi connectivity index (χ4n) is 2.36. The third kappa shape index (κ3) is 3.13. The summed E-state index contributed by atoms with van der Waals surface area (Å²) in [6.45, 7) is 7.95. The monoisotopic (exact) mass is 286 g/mol. The zero-order chi connectivity index (χ0) is 15.6. The number of aromatic nitrogens is 2. The van der Waals surface area contributed by atoms with Crippen LogP contribution in [0, 0.1) is 13.8 Å². The number of rotatable bonds is 4. The minimum absolute atomic E-state index is 0.226. The fourth-order valence-corrected chi connectivity index (χ4v) is 2.36. The van der Waals surface area contributed by atoms with E-state index in [0.29, 0.717) is 0 Å². The first-order chi connectivity index (χ1) is 9.91. The molecule has 1 amide bonds. The standard InChI is InChI=1S/C16H22N4O/c1-10(2)20-12(4)15(11(3)19-20)18-16(21)14(17)13-8-6-5-7-9-13/h5-10,14H,17H2,1-4H3,(H,18,21). The van der Waals surface area contributed by atoms with Gasteiger partial charge < -0.3 is 11.1 Å². The highest BCUT2D eigenvalue weighted by atomic mass is 16.2. The highest BCUT2D eigenvalue weighted by Gasteiger charge is 2.20. The first kappa shape index (κ1) is 15.3. The summed E-state index contributed by atoms with van der Waals surface area (Å²) in [5, 5.41) is 7.36. The van der Waals surface area contributed by atoms with Gasteiger partial charge in [0.2, 0.25) is 5.91 Å². The summed E-state index contributed by atoms with van der Waals surface area (Å²) in [6, 6.07) is 8.90. The molecule has 1 unspecified atom stereocenters. The Hall–Kier alpha value is -2.14. The molecular weight excluding hydrogens is 264 g/mol. The summed E-state index contributed by atoms with van der Waals surface area (Å²) < 4.78 is 1.90. The van der Waals surface area contributed by atoms with Gasteiger partial charge in [-0.15, -0.1) is 0 Å². The predicted octanol–water partition coefficient (Wildman–Crippen LogP) is 2.72. The highest BCUT2D eigenvalue weighted by Crippen LogP contribution is 2.23. The largest absolute Gasteiger partial charge is 0.321 e. The summed E-state index contributed by atoms with van der Waals surface area (Å²) >= 11 is 0. The maximum Gasteiger partial charge on any atom is 0.245 e. The number of nitrogens with one attached hydrogen (secondary N) is 1. The van der Waals surface area contributed by atoms with Crippen LogP contribution < -0.4 is 11.1 Å². The number of hydrogen-bond acceptors (Lipinski definition) is 3. The van der Waals surface area contributed by atoms with Gasteiger partial charge in [0.1, 0.15) is 6.04 Å². The minimum Gasteiger partial charge on any atom is -0.321 e. The van der Waals surface area contributed by atoms with Crippen molar-refractivity contribution in [1.29, 1.82) is 0 Å². The molecular formula is C16H22N4O. The second-order valence-electron chi connectivity index (χ2n) is 5.46. The van der Waals surface area contributed by atoms with Crippen molar-refractivity contribution >= 4 is 11.6 Å². The van der Waals surface area contributed by atoms with Gasteiger partial charge in [0.05, 0.1) is 17.1 Å². The normalized spacial score (nSPS) is 12.5. The Morgan fingerprint density at radius 3 is 2.38 bits per heavy atom. The summed E-state index contributed by atoms with van der Waals surface area (Å²) in [5.74, 6) is -0.226. The molecule has 2 rings (SSSR count). The Labute approximate surface area is 125 Å². The van der Waals surface area contributed by atoms with Gasteiger partial charge in [-0.25, -0.2) is 0 Å². The van der Waals surface area contributed by atoms with E-state index in [-0.39, 0.29) is 11.9 Å². The molecule has 1 atom stereocenters. The lowest BCUT2D eigenvalue weighted by molar-refractivity contribution is -0.117. The molecule has 1 heterocycles. The zero-order valence-corrected chi connectivity index (χ0v) is 12.9. The quantitative estimate of drug-likeness (QED) is 0.907. The second kappa shape index (κ2) is 6.10. The fraction of sp³-hybridized carbons (Fsp3) is 0.375. The van der Waals surface area contributed by atoms with Crippen LogP contribution in [-0.4, -0.2) is 15.7 Å². The molecule has 0 aliphatic carbocycles. The zero-order valence-electron chi connectivity index (χ0n) is 12.9. The van der Waals surface area contributed by atoms with E-state index >= 15 is 0 Å². The molecule has 1 aromatic heterocycles. The number of benzene rings is 1. The van der Waals surface area contributed by atoms with E-state index in [1.54, 1.807) is 0 Å². The molecule has 0 fully saturated rings. The van der Waals surface area contributed by atoms with Crippen LogP contribution >= 0.6 is 0 Å². The maximum atomic E-state index is 12.3. The van der Waals surface area contributed by atoms with Gasteiger partial charge >= 0.3 is 0 Å². The van der Waals surface area contributed by atoms with Gasteiger partial charge in [-0.05, 0) is 33.3 Å². The van der Waals surface area contributed by atoms with Crippen LogP contribution in [-0.2, 0) is 4.79 Å². The van der Waals surface area contributed by atoms with Crippen molar-refractivity contribution in [2.24, 2.45) is 5.73 Å². The number of nitrogens with two attached hydrogens (primary N) is 1. The predicted molar refractivity (Wildman–Crippen MR) is 84.1 cm³/mol. The number of anilines is 1. The molecule has 2 aromatic rings. The Balaban J connectivity index is 2.21. The van der Waals surface area contributed by atoms with Crippen molar-refractivity contribution in [3.05, 3.63) is 47.3 Å². The number of nitrogens with zero attached hydrogens (tertiary/aromatic N) is 2. The van der Waals surface area contributed by atoms with E-state index in [0.717, 1.165) is 22.6 Å². The number of hydrogen-bond donors (Lipinski definition) is 2. The van der Waals surface area contributed by atoms with Gasteiger partial charge in [0.25, 0.3) is 0 Å². The summed E-state index contributed by atoms with van der Waals surface area (Å²) in [5.41, 5.74) is 9.30. The minimum atomic E-state index is -0.688. The van der Waals surface area contributed by atoms with Crippen molar-refractivity contribution in [3.63, 3.8) is 0 Å². The molecule has 1 aromatic carbocycles. The number of carbonyl (C=O) groups is 1. The molecule has 3 N–H and O–H groups in total. The molecule has 21 heavy (non-hydrogen) atoms. The van der Waals surface area contributed by atoms with E-state index in [9.17, 15) is 4.79 Å². The Kier molecular flexibility index (Phi) is 4.43. The lowest BCUT2D eigenvalue weighted by Gasteiger charge is -2.13. The first-order valence-corrected chi connectivity index (χ1v) is 7.09. The summed E-state index contributed by atoms with van der Waals surface area (Å²) in [4.78, 5) is 12.3. The maximum absolute atomic E-state index is 12.3.